The molecule has 2 atom stereocenters. The summed E-state index contributed by atoms with van der Waals surface area (Å²) in [4.78, 5) is 25.4. The Morgan fingerprint density at radius 1 is 1.04 bits per heavy atom. The van der Waals surface area contributed by atoms with E-state index in [1.54, 1.807) is 17.6 Å². The third kappa shape index (κ3) is 4.40. The highest BCUT2D eigenvalue weighted by molar-refractivity contribution is 7.10. The zero-order valence-electron chi connectivity index (χ0n) is 14.3. The van der Waals surface area contributed by atoms with Crippen molar-refractivity contribution >= 4 is 23.2 Å². The minimum atomic E-state index is -0.652. The second-order valence-corrected chi connectivity index (χ2v) is 6.88. The maximum Gasteiger partial charge on any atom is 0.309 e. The third-order valence-electron chi connectivity index (χ3n) is 4.09. The maximum atomic E-state index is 12.2. The van der Waals surface area contributed by atoms with Gasteiger partial charge in [0.1, 0.15) is 5.76 Å². The van der Waals surface area contributed by atoms with Gasteiger partial charge in [-0.15, -0.1) is 11.3 Å². The Morgan fingerprint density at radius 3 is 2.50 bits per heavy atom. The number of furan rings is 1. The smallest absolute Gasteiger partial charge is 0.309 e. The molecule has 0 fully saturated rings. The van der Waals surface area contributed by atoms with Gasteiger partial charge in [-0.05, 0) is 36.1 Å². The molecule has 0 unspecified atom stereocenters. The van der Waals surface area contributed by atoms with Gasteiger partial charge in [0.05, 0.1) is 18.2 Å². The third-order valence-corrected chi connectivity index (χ3v) is 5.08. The molecule has 2 amide bonds. The van der Waals surface area contributed by atoms with Crippen LogP contribution in [0.25, 0.3) is 0 Å². The zero-order valence-corrected chi connectivity index (χ0v) is 15.2. The van der Waals surface area contributed by atoms with E-state index in [1.807, 2.05) is 66.9 Å². The molecule has 0 bridgehead atoms. The lowest BCUT2D eigenvalue weighted by Gasteiger charge is -2.16. The van der Waals surface area contributed by atoms with Gasteiger partial charge in [-0.2, -0.15) is 0 Å². The van der Waals surface area contributed by atoms with Gasteiger partial charge in [0.25, 0.3) is 0 Å². The average molecular weight is 368 g/mol. The van der Waals surface area contributed by atoms with Crippen molar-refractivity contribution in [1.29, 1.82) is 0 Å². The van der Waals surface area contributed by atoms with Gasteiger partial charge in [0.15, 0.2) is 0 Å². The molecule has 0 spiro atoms. The Labute approximate surface area is 156 Å². The molecule has 0 aliphatic carbocycles. The van der Waals surface area contributed by atoms with E-state index in [4.69, 9.17) is 4.42 Å². The lowest BCUT2D eigenvalue weighted by molar-refractivity contribution is -0.139. The number of thiophene rings is 1. The van der Waals surface area contributed by atoms with Crippen molar-refractivity contribution in [3.63, 3.8) is 0 Å². The molecule has 3 aromatic rings. The van der Waals surface area contributed by atoms with Crippen LogP contribution in [0.4, 0.5) is 0 Å². The van der Waals surface area contributed by atoms with Gasteiger partial charge in [0.2, 0.25) is 0 Å². The Balaban J connectivity index is 1.59. The minimum Gasteiger partial charge on any atom is -0.469 e. The van der Waals surface area contributed by atoms with Gasteiger partial charge in [-0.3, -0.25) is 9.59 Å². The average Bonchev–Trinajstić information content (AvgIpc) is 3.37. The van der Waals surface area contributed by atoms with Crippen molar-refractivity contribution in [2.45, 2.75) is 18.9 Å². The zero-order chi connectivity index (χ0) is 18.4. The number of nitrogens with one attached hydrogen (secondary N) is 2. The van der Waals surface area contributed by atoms with Gasteiger partial charge in [0, 0.05) is 11.4 Å². The van der Waals surface area contributed by atoms with E-state index in [2.05, 4.69) is 10.6 Å². The van der Waals surface area contributed by atoms with Crippen molar-refractivity contribution in [3.8, 4) is 0 Å². The Kier molecular flexibility index (Phi) is 5.86. The van der Waals surface area contributed by atoms with Crippen LogP contribution in [0.5, 0.6) is 0 Å². The molecule has 5 nitrogen and oxygen atoms in total. The fourth-order valence-electron chi connectivity index (χ4n) is 2.68. The van der Waals surface area contributed by atoms with Crippen LogP contribution in [0.2, 0.25) is 0 Å². The molecule has 0 saturated carbocycles. The molecule has 0 radical (unpaired) electrons. The van der Waals surface area contributed by atoms with E-state index in [9.17, 15) is 9.59 Å². The van der Waals surface area contributed by atoms with E-state index in [0.717, 1.165) is 16.2 Å². The maximum absolute atomic E-state index is 12.2. The van der Waals surface area contributed by atoms with E-state index < -0.39 is 11.8 Å². The molecule has 2 aromatic heterocycles. The van der Waals surface area contributed by atoms with Crippen LogP contribution in [0.1, 0.15) is 35.1 Å². The molecular weight excluding hydrogens is 348 g/mol. The molecule has 134 valence electrons. The minimum absolute atomic E-state index is 0.117. The molecule has 0 aliphatic heterocycles. The van der Waals surface area contributed by atoms with E-state index in [0.29, 0.717) is 6.54 Å². The van der Waals surface area contributed by atoms with Gasteiger partial charge in [-0.1, -0.05) is 36.4 Å². The summed E-state index contributed by atoms with van der Waals surface area (Å²) >= 11 is 1.59. The Morgan fingerprint density at radius 2 is 1.85 bits per heavy atom. The monoisotopic (exact) mass is 368 g/mol. The molecular formula is C20H20N2O3S. The first kappa shape index (κ1) is 17.9. The Bertz CT molecular complexity index is 795. The second-order valence-electron chi connectivity index (χ2n) is 5.90. The van der Waals surface area contributed by atoms with Crippen LogP contribution in [0, 0.1) is 0 Å². The summed E-state index contributed by atoms with van der Waals surface area (Å²) in [5, 5.41) is 7.40. The Hall–Kier alpha value is -2.86. The summed E-state index contributed by atoms with van der Waals surface area (Å²) < 4.78 is 5.49. The largest absolute Gasteiger partial charge is 0.469 e. The van der Waals surface area contributed by atoms with Gasteiger partial charge in [-0.25, -0.2) is 0 Å². The molecule has 6 heteroatoms. The predicted octanol–water partition coefficient (Wildman–Crippen LogP) is 3.47. The number of carbonyl (C=O) groups excluding carboxylic acids is 2. The topological polar surface area (TPSA) is 71.3 Å². The standard InChI is InChI=1S/C20H20N2O3S/c1-14(15-7-3-2-4-8-15)22-20(24)19(23)21-13-16(17-9-5-11-25-17)18-10-6-12-26-18/h2-12,14,16H,13H2,1H3,(H,21,23)(H,22,24)/t14-,16+/m1/s1. The van der Waals surface area contributed by atoms with Gasteiger partial charge < -0.3 is 15.1 Å². The summed E-state index contributed by atoms with van der Waals surface area (Å²) in [7, 11) is 0. The first-order valence-electron chi connectivity index (χ1n) is 8.35. The van der Waals surface area contributed by atoms with Crippen LogP contribution in [-0.2, 0) is 9.59 Å². The number of hydrogen-bond donors (Lipinski definition) is 2. The van der Waals surface area contributed by atoms with E-state index >= 15 is 0 Å². The molecule has 26 heavy (non-hydrogen) atoms. The SMILES string of the molecule is C[C@@H](NC(=O)C(=O)NC[C@@H](c1ccco1)c1cccs1)c1ccccc1. The summed E-state index contributed by atoms with van der Waals surface area (Å²) in [6.45, 7) is 2.14. The van der Waals surface area contributed by atoms with Crippen molar-refractivity contribution in [2.75, 3.05) is 6.54 Å². The highest BCUT2D eigenvalue weighted by Crippen LogP contribution is 2.28. The van der Waals surface area contributed by atoms with Gasteiger partial charge >= 0.3 is 11.8 Å². The molecule has 2 heterocycles. The van der Waals surface area contributed by atoms with E-state index in [1.165, 1.54) is 0 Å². The van der Waals surface area contributed by atoms with Crippen LogP contribution in [-0.4, -0.2) is 18.4 Å². The highest BCUT2D eigenvalue weighted by atomic mass is 32.1. The van der Waals surface area contributed by atoms with E-state index in [-0.39, 0.29) is 12.0 Å². The lowest BCUT2D eigenvalue weighted by atomic mass is 10.0. The van der Waals surface area contributed by atoms with Crippen LogP contribution < -0.4 is 10.6 Å². The highest BCUT2D eigenvalue weighted by Gasteiger charge is 2.22. The van der Waals surface area contributed by atoms with Crippen molar-refractivity contribution < 1.29 is 14.0 Å². The van der Waals surface area contributed by atoms with Crippen LogP contribution in [0.3, 0.4) is 0 Å². The number of rotatable bonds is 6. The molecule has 3 rings (SSSR count). The first-order valence-corrected chi connectivity index (χ1v) is 9.23. The number of amides is 2. The van der Waals surface area contributed by atoms with Crippen LogP contribution >= 0.6 is 11.3 Å². The molecule has 1 aromatic carbocycles. The summed E-state index contributed by atoms with van der Waals surface area (Å²) in [6.07, 6.45) is 1.60. The molecule has 0 aliphatic rings. The second kappa shape index (κ2) is 8.49. The fraction of sp³-hybridized carbons (Fsp3) is 0.200. The van der Waals surface area contributed by atoms with Crippen molar-refractivity contribution in [1.82, 2.24) is 10.6 Å². The van der Waals surface area contributed by atoms with Crippen molar-refractivity contribution in [2.24, 2.45) is 0 Å². The first-order chi connectivity index (χ1) is 12.6. The number of carbonyl (C=O) groups is 2. The fourth-order valence-corrected chi connectivity index (χ4v) is 3.52. The summed E-state index contributed by atoms with van der Waals surface area (Å²) in [5.74, 6) is -0.661. The van der Waals surface area contributed by atoms with Crippen LogP contribution in [0.15, 0.2) is 70.7 Å². The summed E-state index contributed by atoms with van der Waals surface area (Å²) in [6, 6.07) is 16.9. The molecule has 0 saturated heterocycles. The number of benzene rings is 1. The normalized spacial score (nSPS) is 13.0. The number of hydrogen-bond acceptors (Lipinski definition) is 4. The lowest BCUT2D eigenvalue weighted by Crippen LogP contribution is -2.42. The summed E-state index contributed by atoms with van der Waals surface area (Å²) in [5.41, 5.74) is 0.945. The molecule has 2 N–H and O–H groups in total. The quantitative estimate of drug-likeness (QED) is 0.655. The predicted molar refractivity (Wildman–Crippen MR) is 101 cm³/mol. The van der Waals surface area contributed by atoms with Crippen molar-refractivity contribution in [3.05, 3.63) is 82.4 Å².